The van der Waals surface area contributed by atoms with Gasteiger partial charge in [0.25, 0.3) is 5.56 Å². The molecule has 0 saturated carbocycles. The number of halogens is 1. The fraction of sp³-hybridized carbons (Fsp3) is 0.381. The van der Waals surface area contributed by atoms with E-state index in [9.17, 15) is 9.59 Å². The van der Waals surface area contributed by atoms with Crippen molar-refractivity contribution in [3.8, 4) is 0 Å². The molecule has 0 unspecified atom stereocenters. The van der Waals surface area contributed by atoms with Crippen molar-refractivity contribution in [1.29, 1.82) is 0 Å². The molecule has 2 heterocycles. The van der Waals surface area contributed by atoms with Gasteiger partial charge < -0.3 is 5.32 Å². The number of benzene rings is 1. The summed E-state index contributed by atoms with van der Waals surface area (Å²) < 4.78 is 1.43. The zero-order valence-electron chi connectivity index (χ0n) is 16.1. The molecule has 0 radical (unpaired) electrons. The second-order valence-electron chi connectivity index (χ2n) is 7.61. The van der Waals surface area contributed by atoms with Gasteiger partial charge in [-0.2, -0.15) is 0 Å². The van der Waals surface area contributed by atoms with Gasteiger partial charge in [0.1, 0.15) is 10.9 Å². The van der Waals surface area contributed by atoms with Gasteiger partial charge in [0.05, 0.1) is 11.7 Å². The highest BCUT2D eigenvalue weighted by Crippen LogP contribution is 2.35. The summed E-state index contributed by atoms with van der Waals surface area (Å²) in [6, 6.07) is 4.66. The lowest BCUT2D eigenvalue weighted by Gasteiger charge is -2.18. The average Bonchev–Trinajstić information content (AvgIpc) is 3.02. The van der Waals surface area contributed by atoms with Crippen LogP contribution in [0.25, 0.3) is 10.2 Å². The molecule has 1 aliphatic carbocycles. The number of fused-ring (bicyclic) bond motifs is 3. The van der Waals surface area contributed by atoms with Gasteiger partial charge in [-0.05, 0) is 62.3 Å². The van der Waals surface area contributed by atoms with E-state index < -0.39 is 6.04 Å². The van der Waals surface area contributed by atoms with Crippen LogP contribution >= 0.6 is 22.9 Å². The Morgan fingerprint density at radius 3 is 3.00 bits per heavy atom. The van der Waals surface area contributed by atoms with Gasteiger partial charge in [-0.1, -0.05) is 24.6 Å². The van der Waals surface area contributed by atoms with Crippen molar-refractivity contribution in [2.45, 2.75) is 46.1 Å². The molecule has 1 aromatic carbocycles. The summed E-state index contributed by atoms with van der Waals surface area (Å²) in [6.07, 6.45) is 4.47. The Labute approximate surface area is 172 Å². The van der Waals surface area contributed by atoms with E-state index in [2.05, 4.69) is 17.2 Å². The number of aromatic nitrogens is 2. The molecule has 0 fully saturated rings. The molecule has 0 bridgehead atoms. The highest BCUT2D eigenvalue weighted by molar-refractivity contribution is 7.18. The van der Waals surface area contributed by atoms with Crippen LogP contribution in [-0.4, -0.2) is 15.5 Å². The van der Waals surface area contributed by atoms with Crippen LogP contribution in [0.1, 0.15) is 42.3 Å². The lowest BCUT2D eigenvalue weighted by molar-refractivity contribution is -0.118. The normalized spacial score (nSPS) is 17.4. The third-order valence-corrected chi connectivity index (χ3v) is 6.89. The molecular weight excluding hydrogens is 394 g/mol. The minimum Gasteiger partial charge on any atom is -0.324 e. The number of carbonyl (C=O) groups is 1. The van der Waals surface area contributed by atoms with E-state index in [1.54, 1.807) is 30.4 Å². The maximum Gasteiger partial charge on any atom is 0.263 e. The summed E-state index contributed by atoms with van der Waals surface area (Å²) >= 11 is 7.65. The van der Waals surface area contributed by atoms with E-state index in [1.165, 1.54) is 15.8 Å². The monoisotopic (exact) mass is 415 g/mol. The molecule has 146 valence electrons. The summed E-state index contributed by atoms with van der Waals surface area (Å²) in [4.78, 5) is 32.5. The first kappa shape index (κ1) is 19.2. The number of hydrogen-bond donors (Lipinski definition) is 1. The minimum atomic E-state index is -0.680. The number of thiophene rings is 1. The third-order valence-electron chi connectivity index (χ3n) is 5.50. The smallest absolute Gasteiger partial charge is 0.263 e. The zero-order chi connectivity index (χ0) is 20.0. The molecule has 2 atom stereocenters. The van der Waals surface area contributed by atoms with E-state index in [1.807, 2.05) is 13.0 Å². The molecule has 0 saturated heterocycles. The number of hydrogen-bond acceptors (Lipinski definition) is 4. The Morgan fingerprint density at radius 1 is 1.43 bits per heavy atom. The number of anilines is 1. The fourth-order valence-corrected chi connectivity index (χ4v) is 5.23. The molecule has 4 rings (SSSR count). The predicted molar refractivity (Wildman–Crippen MR) is 115 cm³/mol. The van der Waals surface area contributed by atoms with Gasteiger partial charge in [0, 0.05) is 15.6 Å². The molecule has 0 aliphatic heterocycles. The maximum absolute atomic E-state index is 13.2. The summed E-state index contributed by atoms with van der Waals surface area (Å²) in [5.74, 6) is 0.361. The van der Waals surface area contributed by atoms with E-state index in [-0.39, 0.29) is 11.5 Å². The van der Waals surface area contributed by atoms with Crippen LogP contribution in [0, 0.1) is 12.8 Å². The first-order valence-electron chi connectivity index (χ1n) is 9.43. The van der Waals surface area contributed by atoms with Crippen LogP contribution < -0.4 is 10.9 Å². The molecule has 5 nitrogen and oxygen atoms in total. The van der Waals surface area contributed by atoms with E-state index >= 15 is 0 Å². The number of nitrogens with one attached hydrogen (secondary N) is 1. The number of aryl methyl sites for hydroxylation is 2. The van der Waals surface area contributed by atoms with E-state index in [0.717, 1.165) is 35.2 Å². The molecular formula is C21H22ClN3O2S. The van der Waals surface area contributed by atoms with Crippen molar-refractivity contribution in [1.82, 2.24) is 9.55 Å². The Morgan fingerprint density at radius 2 is 2.21 bits per heavy atom. The molecule has 7 heteroatoms. The number of rotatable bonds is 3. The van der Waals surface area contributed by atoms with Crippen molar-refractivity contribution in [3.63, 3.8) is 0 Å². The van der Waals surface area contributed by atoms with Crippen molar-refractivity contribution in [3.05, 3.63) is 55.9 Å². The Bertz CT molecular complexity index is 1130. The van der Waals surface area contributed by atoms with Crippen LogP contribution in [0.2, 0.25) is 5.02 Å². The van der Waals surface area contributed by atoms with Crippen LogP contribution in [0.4, 0.5) is 5.69 Å². The lowest BCUT2D eigenvalue weighted by Crippen LogP contribution is -2.32. The number of nitrogens with zero attached hydrogens (tertiary/aromatic N) is 2. The van der Waals surface area contributed by atoms with Gasteiger partial charge >= 0.3 is 0 Å². The Kier molecular flexibility index (Phi) is 5.02. The highest BCUT2D eigenvalue weighted by atomic mass is 35.5. The Hall–Kier alpha value is -2.18. The molecule has 1 aliphatic rings. The molecule has 2 aromatic heterocycles. The Balaban J connectivity index is 1.68. The lowest BCUT2D eigenvalue weighted by atomic mass is 9.89. The molecule has 28 heavy (non-hydrogen) atoms. The first-order chi connectivity index (χ1) is 13.3. The van der Waals surface area contributed by atoms with Crippen molar-refractivity contribution >= 4 is 44.7 Å². The fourth-order valence-electron chi connectivity index (χ4n) is 3.71. The third kappa shape index (κ3) is 3.35. The first-order valence-corrected chi connectivity index (χ1v) is 10.6. The van der Waals surface area contributed by atoms with Gasteiger partial charge in [-0.25, -0.2) is 4.98 Å². The van der Waals surface area contributed by atoms with Crippen LogP contribution in [0.5, 0.6) is 0 Å². The second-order valence-corrected chi connectivity index (χ2v) is 9.13. The summed E-state index contributed by atoms with van der Waals surface area (Å²) in [7, 11) is 0. The van der Waals surface area contributed by atoms with Crippen molar-refractivity contribution in [2.75, 3.05) is 5.32 Å². The minimum absolute atomic E-state index is 0.137. The SMILES string of the molecule is Cc1ccc(Cl)cc1NC(=O)[C@H](C)n1cnc2sc3c(c2c1=O)CC[C@H](C)C3. The highest BCUT2D eigenvalue weighted by Gasteiger charge is 2.25. The van der Waals surface area contributed by atoms with Crippen LogP contribution in [-0.2, 0) is 17.6 Å². The van der Waals surface area contributed by atoms with Crippen molar-refractivity contribution < 1.29 is 4.79 Å². The van der Waals surface area contributed by atoms with Crippen LogP contribution in [0.3, 0.4) is 0 Å². The maximum atomic E-state index is 13.2. The van der Waals surface area contributed by atoms with E-state index in [4.69, 9.17) is 11.6 Å². The quantitative estimate of drug-likeness (QED) is 0.671. The predicted octanol–water partition coefficient (Wildman–Crippen LogP) is 4.74. The van der Waals surface area contributed by atoms with Gasteiger partial charge in [-0.15, -0.1) is 11.3 Å². The summed E-state index contributed by atoms with van der Waals surface area (Å²) in [6.45, 7) is 5.85. The standard InChI is InChI=1S/C21H22ClN3O2S/c1-11-4-7-15-17(8-11)28-20-18(15)21(27)25(10-23-20)13(3)19(26)24-16-9-14(22)6-5-12(16)2/h5-6,9-11,13H,4,7-8H2,1-3H3,(H,24,26)/t11-,13-/m0/s1. The number of carbonyl (C=O) groups excluding carboxylic acids is 1. The molecule has 3 aromatic rings. The molecule has 1 amide bonds. The second kappa shape index (κ2) is 7.33. The van der Waals surface area contributed by atoms with Crippen LogP contribution in [0.15, 0.2) is 29.3 Å². The largest absolute Gasteiger partial charge is 0.324 e. The topological polar surface area (TPSA) is 64.0 Å². The zero-order valence-corrected chi connectivity index (χ0v) is 17.7. The number of amides is 1. The summed E-state index contributed by atoms with van der Waals surface area (Å²) in [5, 5.41) is 4.12. The van der Waals surface area contributed by atoms with Gasteiger partial charge in [0.2, 0.25) is 5.91 Å². The van der Waals surface area contributed by atoms with Gasteiger partial charge in [-0.3, -0.25) is 14.2 Å². The van der Waals surface area contributed by atoms with Gasteiger partial charge in [0.15, 0.2) is 0 Å². The molecule has 1 N–H and O–H groups in total. The molecule has 0 spiro atoms. The summed E-state index contributed by atoms with van der Waals surface area (Å²) in [5.41, 5.74) is 2.55. The van der Waals surface area contributed by atoms with E-state index in [0.29, 0.717) is 22.0 Å². The van der Waals surface area contributed by atoms with Crippen molar-refractivity contribution in [2.24, 2.45) is 5.92 Å². The average molecular weight is 416 g/mol.